The van der Waals surface area contributed by atoms with Gasteiger partial charge >= 0.3 is 0 Å². The quantitative estimate of drug-likeness (QED) is 0.387. The van der Waals surface area contributed by atoms with Crippen LogP contribution in [0, 0.1) is 0 Å². The summed E-state index contributed by atoms with van der Waals surface area (Å²) < 4.78 is 28.5. The number of sulfonamides is 1. The summed E-state index contributed by atoms with van der Waals surface area (Å²) in [6.45, 7) is 0. The summed E-state index contributed by atoms with van der Waals surface area (Å²) in [6, 6.07) is 19.4. The smallest absolute Gasteiger partial charge is 0.273 e. The van der Waals surface area contributed by atoms with Gasteiger partial charge in [0.15, 0.2) is 0 Å². The van der Waals surface area contributed by atoms with Gasteiger partial charge in [-0.05, 0) is 54.1 Å². The van der Waals surface area contributed by atoms with E-state index in [0.29, 0.717) is 5.02 Å². The van der Waals surface area contributed by atoms with E-state index in [-0.39, 0.29) is 16.1 Å². The minimum absolute atomic E-state index is 0.0322. The van der Waals surface area contributed by atoms with Crippen LogP contribution in [0.15, 0.2) is 87.3 Å². The first-order valence-corrected chi connectivity index (χ1v) is 11.0. The number of hydrogen-bond acceptors (Lipinski definition) is 4. The predicted octanol–water partition coefficient (Wildman–Crippen LogP) is 4.67. The molecule has 148 valence electrons. The average Bonchev–Trinajstić information content (AvgIpc) is 2.68. The van der Waals surface area contributed by atoms with Crippen molar-refractivity contribution in [3.63, 3.8) is 0 Å². The fourth-order valence-electron chi connectivity index (χ4n) is 2.40. The Morgan fingerprint density at radius 1 is 1.00 bits per heavy atom. The highest BCUT2D eigenvalue weighted by molar-refractivity contribution is 9.10. The van der Waals surface area contributed by atoms with Gasteiger partial charge in [0.25, 0.3) is 15.9 Å². The summed E-state index contributed by atoms with van der Waals surface area (Å²) in [7, 11) is -3.89. The molecule has 0 aliphatic rings. The molecule has 0 aliphatic carbocycles. The maximum absolute atomic E-state index is 12.6. The van der Waals surface area contributed by atoms with Crippen LogP contribution in [0.4, 0.5) is 5.69 Å². The highest BCUT2D eigenvalue weighted by Crippen LogP contribution is 2.21. The molecule has 2 N–H and O–H groups in total. The van der Waals surface area contributed by atoms with Gasteiger partial charge in [0.1, 0.15) is 0 Å². The number of nitrogens with one attached hydrogen (secondary N) is 2. The van der Waals surface area contributed by atoms with Crippen LogP contribution in [0.1, 0.15) is 15.9 Å². The molecule has 0 aliphatic heterocycles. The Kier molecular flexibility index (Phi) is 6.68. The van der Waals surface area contributed by atoms with E-state index in [2.05, 4.69) is 31.2 Å². The van der Waals surface area contributed by atoms with E-state index in [4.69, 9.17) is 11.6 Å². The molecule has 3 aromatic carbocycles. The summed E-state index contributed by atoms with van der Waals surface area (Å²) in [6.07, 6.45) is 1.49. The van der Waals surface area contributed by atoms with Crippen LogP contribution < -0.4 is 10.1 Å². The fraction of sp³-hybridized carbons (Fsp3) is 0. The summed E-state index contributed by atoms with van der Waals surface area (Å²) in [4.78, 5) is 12.5. The van der Waals surface area contributed by atoms with Crippen molar-refractivity contribution in [2.45, 2.75) is 4.90 Å². The highest BCUT2D eigenvalue weighted by Gasteiger charge is 2.18. The number of hydrogen-bond donors (Lipinski definition) is 2. The standard InChI is InChI=1S/C20H15BrClN3O3S/c21-15-5-3-4-14(12-15)13-23-24-20(26)18-6-1-2-7-19(18)25-29(27,28)17-10-8-16(22)9-11-17/h1-13,25H,(H,24,26)/b23-13+. The van der Waals surface area contributed by atoms with E-state index in [1.807, 2.05) is 24.3 Å². The number of para-hydroxylation sites is 1. The van der Waals surface area contributed by atoms with E-state index in [9.17, 15) is 13.2 Å². The topological polar surface area (TPSA) is 87.6 Å². The van der Waals surface area contributed by atoms with Crippen molar-refractivity contribution in [1.29, 1.82) is 0 Å². The molecule has 0 heterocycles. The zero-order chi connectivity index (χ0) is 20.9. The predicted molar refractivity (Wildman–Crippen MR) is 118 cm³/mol. The van der Waals surface area contributed by atoms with E-state index in [1.54, 1.807) is 12.1 Å². The number of carbonyl (C=O) groups is 1. The zero-order valence-corrected chi connectivity index (χ0v) is 18.0. The van der Waals surface area contributed by atoms with Crippen LogP contribution in [0.2, 0.25) is 5.02 Å². The molecule has 0 bridgehead atoms. The molecule has 1 amide bonds. The van der Waals surface area contributed by atoms with Crippen molar-refractivity contribution in [3.05, 3.63) is 93.4 Å². The normalized spacial score (nSPS) is 11.4. The average molecular weight is 493 g/mol. The maximum Gasteiger partial charge on any atom is 0.273 e. The second-order valence-electron chi connectivity index (χ2n) is 5.86. The lowest BCUT2D eigenvalue weighted by Gasteiger charge is -2.11. The van der Waals surface area contributed by atoms with Crippen molar-refractivity contribution in [1.82, 2.24) is 5.43 Å². The molecule has 6 nitrogen and oxygen atoms in total. The van der Waals surface area contributed by atoms with Gasteiger partial charge in [0, 0.05) is 9.50 Å². The van der Waals surface area contributed by atoms with Gasteiger partial charge in [-0.3, -0.25) is 9.52 Å². The van der Waals surface area contributed by atoms with Crippen molar-refractivity contribution >= 4 is 55.4 Å². The summed E-state index contributed by atoms with van der Waals surface area (Å²) in [5, 5.41) is 4.35. The van der Waals surface area contributed by atoms with Gasteiger partial charge in [0.2, 0.25) is 0 Å². The number of anilines is 1. The molecular formula is C20H15BrClN3O3S. The van der Waals surface area contributed by atoms with Crippen LogP contribution in [0.3, 0.4) is 0 Å². The molecule has 3 aromatic rings. The molecule has 0 saturated heterocycles. The molecule has 0 radical (unpaired) electrons. The van der Waals surface area contributed by atoms with E-state index in [1.165, 1.54) is 42.6 Å². The van der Waals surface area contributed by atoms with Gasteiger partial charge in [-0.25, -0.2) is 13.8 Å². The molecule has 0 unspecified atom stereocenters. The van der Waals surface area contributed by atoms with Crippen molar-refractivity contribution in [3.8, 4) is 0 Å². The van der Waals surface area contributed by atoms with Gasteiger partial charge in [0.05, 0.1) is 22.4 Å². The van der Waals surface area contributed by atoms with Gasteiger partial charge in [-0.1, -0.05) is 51.8 Å². The molecule has 29 heavy (non-hydrogen) atoms. The van der Waals surface area contributed by atoms with E-state index < -0.39 is 15.9 Å². The van der Waals surface area contributed by atoms with Crippen LogP contribution in [0.5, 0.6) is 0 Å². The Hall–Kier alpha value is -2.68. The summed E-state index contributed by atoms with van der Waals surface area (Å²) in [5.74, 6) is -0.550. The van der Waals surface area contributed by atoms with Crippen LogP contribution in [-0.4, -0.2) is 20.5 Å². The third-order valence-electron chi connectivity index (χ3n) is 3.77. The van der Waals surface area contributed by atoms with Crippen LogP contribution in [0.25, 0.3) is 0 Å². The Bertz CT molecular complexity index is 1170. The highest BCUT2D eigenvalue weighted by atomic mass is 79.9. The first-order chi connectivity index (χ1) is 13.8. The fourth-order valence-corrected chi connectivity index (χ4v) is 4.02. The Labute approximate surface area is 181 Å². The minimum atomic E-state index is -3.89. The number of carbonyl (C=O) groups excluding carboxylic acids is 1. The summed E-state index contributed by atoms with van der Waals surface area (Å²) >= 11 is 9.16. The summed E-state index contributed by atoms with van der Waals surface area (Å²) in [5.41, 5.74) is 3.46. The first-order valence-electron chi connectivity index (χ1n) is 8.31. The molecule has 0 atom stereocenters. The minimum Gasteiger partial charge on any atom is -0.279 e. The number of nitrogens with zero attached hydrogens (tertiary/aromatic N) is 1. The first kappa shape index (κ1) is 21.0. The SMILES string of the molecule is O=C(N/N=C/c1cccc(Br)c1)c1ccccc1NS(=O)(=O)c1ccc(Cl)cc1. The Morgan fingerprint density at radius 2 is 1.72 bits per heavy atom. The van der Waals surface area contributed by atoms with Gasteiger partial charge < -0.3 is 0 Å². The molecule has 0 fully saturated rings. The lowest BCUT2D eigenvalue weighted by Crippen LogP contribution is -2.21. The van der Waals surface area contributed by atoms with Crippen molar-refractivity contribution in [2.24, 2.45) is 5.10 Å². The maximum atomic E-state index is 12.6. The molecule has 3 rings (SSSR count). The number of halogens is 2. The lowest BCUT2D eigenvalue weighted by atomic mass is 10.2. The lowest BCUT2D eigenvalue weighted by molar-refractivity contribution is 0.0956. The van der Waals surface area contributed by atoms with Gasteiger partial charge in [-0.2, -0.15) is 5.10 Å². The largest absolute Gasteiger partial charge is 0.279 e. The molecule has 0 aromatic heterocycles. The van der Waals surface area contributed by atoms with Crippen LogP contribution >= 0.6 is 27.5 Å². The van der Waals surface area contributed by atoms with E-state index in [0.717, 1.165) is 10.0 Å². The van der Waals surface area contributed by atoms with Gasteiger partial charge in [-0.15, -0.1) is 0 Å². The van der Waals surface area contributed by atoms with Crippen LogP contribution in [-0.2, 0) is 10.0 Å². The Morgan fingerprint density at radius 3 is 2.45 bits per heavy atom. The monoisotopic (exact) mass is 491 g/mol. The second kappa shape index (κ2) is 9.21. The number of amides is 1. The molecule has 9 heteroatoms. The van der Waals surface area contributed by atoms with E-state index >= 15 is 0 Å². The number of hydrazone groups is 1. The molecular weight excluding hydrogens is 478 g/mol. The van der Waals surface area contributed by atoms with Crippen molar-refractivity contribution in [2.75, 3.05) is 4.72 Å². The Balaban J connectivity index is 1.77. The second-order valence-corrected chi connectivity index (χ2v) is 8.89. The third-order valence-corrected chi connectivity index (χ3v) is 5.89. The molecule has 0 saturated carbocycles. The van der Waals surface area contributed by atoms with Crippen molar-refractivity contribution < 1.29 is 13.2 Å². The number of benzene rings is 3. The zero-order valence-electron chi connectivity index (χ0n) is 14.8. The number of rotatable bonds is 6. The third kappa shape index (κ3) is 5.66. The molecule has 0 spiro atoms.